The minimum Gasteiger partial charge on any atom is -0.367 e. The fourth-order valence-corrected chi connectivity index (χ4v) is 3.41. The van der Waals surface area contributed by atoms with Crippen molar-refractivity contribution in [1.29, 1.82) is 0 Å². The van der Waals surface area contributed by atoms with Gasteiger partial charge in [0.1, 0.15) is 0 Å². The Morgan fingerprint density at radius 3 is 2.40 bits per heavy atom. The summed E-state index contributed by atoms with van der Waals surface area (Å²) in [5.74, 6) is 0.153. The lowest BCUT2D eigenvalue weighted by Crippen LogP contribution is -2.58. The van der Waals surface area contributed by atoms with E-state index in [4.69, 9.17) is 4.74 Å². The van der Waals surface area contributed by atoms with E-state index >= 15 is 0 Å². The molecule has 0 saturated carbocycles. The summed E-state index contributed by atoms with van der Waals surface area (Å²) in [6.07, 6.45) is 0. The second kappa shape index (κ2) is 5.58. The van der Waals surface area contributed by atoms with Crippen LogP contribution in [0, 0.1) is 0 Å². The molecule has 0 amide bonds. The largest absolute Gasteiger partial charge is 0.367 e. The molecule has 3 nitrogen and oxygen atoms in total. The van der Waals surface area contributed by atoms with Gasteiger partial charge in [0.25, 0.3) is 0 Å². The van der Waals surface area contributed by atoms with Crippen molar-refractivity contribution >= 4 is 21.7 Å². The molecule has 1 aromatic rings. The predicted molar refractivity (Wildman–Crippen MR) is 84.2 cm³/mol. The molecular weight excluding hydrogens is 318 g/mol. The molecule has 0 aliphatic carbocycles. The van der Waals surface area contributed by atoms with Crippen molar-refractivity contribution in [2.45, 2.75) is 38.9 Å². The van der Waals surface area contributed by atoms with Crippen LogP contribution in [-0.2, 0) is 4.74 Å². The summed E-state index contributed by atoms with van der Waals surface area (Å²) >= 11 is 3.41. The molecule has 1 aliphatic heterocycles. The Balaban J connectivity index is 2.08. The molecule has 110 valence electrons. The maximum atomic E-state index is 12.4. The van der Waals surface area contributed by atoms with Crippen LogP contribution in [0.15, 0.2) is 28.7 Å². The van der Waals surface area contributed by atoms with Crippen LogP contribution in [0.2, 0.25) is 0 Å². The number of morpholine rings is 1. The molecule has 1 fully saturated rings. The Morgan fingerprint density at radius 1 is 1.25 bits per heavy atom. The zero-order chi connectivity index (χ0) is 15.0. The number of Topliss-reactive ketones (excluding diaryl/α,β-unsaturated/α-hetero) is 1. The number of halogens is 1. The second-order valence-electron chi connectivity index (χ2n) is 6.70. The highest BCUT2D eigenvalue weighted by molar-refractivity contribution is 9.10. The Bertz CT molecular complexity index is 495. The zero-order valence-electron chi connectivity index (χ0n) is 12.6. The third kappa shape index (κ3) is 4.14. The first-order chi connectivity index (χ1) is 9.17. The number of benzene rings is 1. The fourth-order valence-electron chi connectivity index (χ4n) is 3.01. The number of nitrogens with zero attached hydrogens (tertiary/aromatic N) is 1. The molecule has 0 spiro atoms. The maximum absolute atomic E-state index is 12.4. The van der Waals surface area contributed by atoms with Crippen LogP contribution in [0.5, 0.6) is 0 Å². The topological polar surface area (TPSA) is 29.5 Å². The average molecular weight is 340 g/mol. The smallest absolute Gasteiger partial charge is 0.176 e. The van der Waals surface area contributed by atoms with E-state index in [9.17, 15) is 4.79 Å². The first-order valence-electron chi connectivity index (χ1n) is 6.88. The lowest BCUT2D eigenvalue weighted by molar-refractivity contribution is -0.178. The van der Waals surface area contributed by atoms with Crippen molar-refractivity contribution in [3.8, 4) is 0 Å². The van der Waals surface area contributed by atoms with E-state index in [1.165, 1.54) is 0 Å². The molecular formula is C16H22BrNO2. The van der Waals surface area contributed by atoms with E-state index < -0.39 is 0 Å². The molecule has 4 heteroatoms. The molecule has 1 heterocycles. The van der Waals surface area contributed by atoms with Gasteiger partial charge in [0, 0.05) is 23.1 Å². The van der Waals surface area contributed by atoms with Crippen LogP contribution in [0.25, 0.3) is 0 Å². The zero-order valence-corrected chi connectivity index (χ0v) is 14.2. The average Bonchev–Trinajstić information content (AvgIpc) is 2.24. The van der Waals surface area contributed by atoms with Crippen LogP contribution >= 0.6 is 15.9 Å². The van der Waals surface area contributed by atoms with Crippen LogP contribution in [0.3, 0.4) is 0 Å². The quantitative estimate of drug-likeness (QED) is 0.789. The lowest BCUT2D eigenvalue weighted by atomic mass is 9.98. The summed E-state index contributed by atoms with van der Waals surface area (Å²) in [6, 6.07) is 7.56. The van der Waals surface area contributed by atoms with Crippen molar-refractivity contribution in [3.05, 3.63) is 34.3 Å². The van der Waals surface area contributed by atoms with Crippen molar-refractivity contribution in [2.24, 2.45) is 0 Å². The molecule has 0 unspecified atom stereocenters. The van der Waals surface area contributed by atoms with Gasteiger partial charge < -0.3 is 4.74 Å². The van der Waals surface area contributed by atoms with Gasteiger partial charge >= 0.3 is 0 Å². The summed E-state index contributed by atoms with van der Waals surface area (Å²) < 4.78 is 6.97. The summed E-state index contributed by atoms with van der Waals surface area (Å²) in [5, 5.41) is 0. The highest BCUT2D eigenvalue weighted by atomic mass is 79.9. The van der Waals surface area contributed by atoms with Gasteiger partial charge in [-0.15, -0.1) is 0 Å². The van der Waals surface area contributed by atoms with Gasteiger partial charge in [-0.25, -0.2) is 0 Å². The van der Waals surface area contributed by atoms with Gasteiger partial charge in [0.05, 0.1) is 17.7 Å². The first-order valence-corrected chi connectivity index (χ1v) is 7.68. The molecule has 0 N–H and O–H groups in total. The summed E-state index contributed by atoms with van der Waals surface area (Å²) in [6.45, 7) is 10.3. The Labute approximate surface area is 129 Å². The second-order valence-corrected chi connectivity index (χ2v) is 7.62. The number of ether oxygens (including phenoxy) is 1. The van der Waals surface area contributed by atoms with Crippen molar-refractivity contribution in [3.63, 3.8) is 0 Å². The van der Waals surface area contributed by atoms with Crippen molar-refractivity contribution < 1.29 is 9.53 Å². The highest BCUT2D eigenvalue weighted by Gasteiger charge is 2.38. The predicted octanol–water partition coefficient (Wildman–Crippen LogP) is 3.52. The molecule has 0 atom stereocenters. The SMILES string of the molecule is CC1(C)CN(CC(=O)c2cccc(Br)c2)CC(C)(C)O1. The number of carbonyl (C=O) groups is 1. The van der Waals surface area contributed by atoms with Crippen LogP contribution in [0.4, 0.5) is 0 Å². The van der Waals surface area contributed by atoms with E-state index in [1.807, 2.05) is 24.3 Å². The van der Waals surface area contributed by atoms with Gasteiger partial charge in [-0.1, -0.05) is 28.1 Å². The summed E-state index contributed by atoms with van der Waals surface area (Å²) in [5.41, 5.74) is 0.306. The monoisotopic (exact) mass is 339 g/mol. The lowest BCUT2D eigenvalue weighted by Gasteiger charge is -2.47. The molecule has 0 radical (unpaired) electrons. The number of ketones is 1. The van der Waals surface area contributed by atoms with E-state index in [-0.39, 0.29) is 17.0 Å². The maximum Gasteiger partial charge on any atom is 0.176 e. The Hall–Kier alpha value is -0.710. The van der Waals surface area contributed by atoms with Gasteiger partial charge in [0.2, 0.25) is 0 Å². The number of hydrogen-bond acceptors (Lipinski definition) is 3. The number of rotatable bonds is 3. The van der Waals surface area contributed by atoms with Gasteiger partial charge in [0.15, 0.2) is 5.78 Å². The first kappa shape index (κ1) is 15.7. The van der Waals surface area contributed by atoms with Crippen molar-refractivity contribution in [1.82, 2.24) is 4.90 Å². The molecule has 1 aromatic carbocycles. The van der Waals surface area contributed by atoms with E-state index in [0.29, 0.717) is 6.54 Å². The standard InChI is InChI=1S/C16H22BrNO2/c1-15(2)10-18(11-16(3,4)20-15)9-14(19)12-6-5-7-13(17)8-12/h5-8H,9-11H2,1-4H3. The van der Waals surface area contributed by atoms with Crippen LogP contribution < -0.4 is 0 Å². The molecule has 1 saturated heterocycles. The van der Waals surface area contributed by atoms with Gasteiger partial charge in [-0.05, 0) is 39.8 Å². The molecule has 1 aliphatic rings. The molecule has 2 rings (SSSR count). The number of carbonyl (C=O) groups excluding carboxylic acids is 1. The number of hydrogen-bond donors (Lipinski definition) is 0. The fraction of sp³-hybridized carbons (Fsp3) is 0.562. The van der Waals surface area contributed by atoms with E-state index in [1.54, 1.807) is 0 Å². The minimum atomic E-state index is -0.223. The Kier molecular flexibility index (Phi) is 4.38. The van der Waals surface area contributed by atoms with E-state index in [2.05, 4.69) is 48.5 Å². The van der Waals surface area contributed by atoms with E-state index in [0.717, 1.165) is 23.1 Å². The van der Waals surface area contributed by atoms with Gasteiger partial charge in [-0.2, -0.15) is 0 Å². The highest BCUT2D eigenvalue weighted by Crippen LogP contribution is 2.28. The van der Waals surface area contributed by atoms with Crippen LogP contribution in [0.1, 0.15) is 38.1 Å². The third-order valence-electron chi connectivity index (χ3n) is 3.28. The van der Waals surface area contributed by atoms with Gasteiger partial charge in [-0.3, -0.25) is 9.69 Å². The third-order valence-corrected chi connectivity index (χ3v) is 3.77. The molecule has 0 bridgehead atoms. The molecule has 20 heavy (non-hydrogen) atoms. The summed E-state index contributed by atoms with van der Waals surface area (Å²) in [7, 11) is 0. The summed E-state index contributed by atoms with van der Waals surface area (Å²) in [4.78, 5) is 14.6. The molecule has 0 aromatic heterocycles. The van der Waals surface area contributed by atoms with Crippen LogP contribution in [-0.4, -0.2) is 41.5 Å². The minimum absolute atomic E-state index is 0.153. The Morgan fingerprint density at radius 2 is 1.85 bits per heavy atom. The normalized spacial score (nSPS) is 21.6. The van der Waals surface area contributed by atoms with Crippen molar-refractivity contribution in [2.75, 3.05) is 19.6 Å².